The molecule has 0 heterocycles. The zero-order chi connectivity index (χ0) is 22.8. The van der Waals surface area contributed by atoms with Gasteiger partial charge in [0.15, 0.2) is 6.10 Å². The van der Waals surface area contributed by atoms with Crippen LogP contribution in [0.15, 0.2) is 48.2 Å². The molecule has 1 amide bonds. The van der Waals surface area contributed by atoms with Gasteiger partial charge in [0.25, 0.3) is 5.91 Å². The van der Waals surface area contributed by atoms with Crippen LogP contribution in [-0.2, 0) is 14.3 Å². The summed E-state index contributed by atoms with van der Waals surface area (Å²) >= 11 is 1.47. The highest BCUT2D eigenvalue weighted by Crippen LogP contribution is 2.35. The molecule has 1 aliphatic rings. The Labute approximate surface area is 189 Å². The number of thioether (sulfide) groups is 1. The highest BCUT2D eigenvalue weighted by molar-refractivity contribution is 7.98. The molecule has 1 aromatic rings. The van der Waals surface area contributed by atoms with Gasteiger partial charge in [-0.1, -0.05) is 30.0 Å². The SMILES string of the molecule is COc1ccc([C@@H](SC)[C@H](OC(C)=O)C(=O)N(CCN(C)C)C2=CC#CC=CC2)cc1. The number of amides is 1. The molecule has 0 saturated carbocycles. The normalized spacial score (nSPS) is 14.6. The summed E-state index contributed by atoms with van der Waals surface area (Å²) in [6, 6.07) is 7.47. The molecular weight excluding hydrogens is 412 g/mol. The van der Waals surface area contributed by atoms with Crippen molar-refractivity contribution < 1.29 is 19.1 Å². The Kier molecular flexibility index (Phi) is 9.70. The van der Waals surface area contributed by atoms with Gasteiger partial charge in [-0.2, -0.15) is 11.8 Å². The van der Waals surface area contributed by atoms with Crippen molar-refractivity contribution >= 4 is 23.6 Å². The van der Waals surface area contributed by atoms with Gasteiger partial charge in [-0.05, 0) is 44.1 Å². The highest BCUT2D eigenvalue weighted by atomic mass is 32.2. The molecule has 0 unspecified atom stereocenters. The molecule has 31 heavy (non-hydrogen) atoms. The van der Waals surface area contributed by atoms with Crippen molar-refractivity contribution in [3.63, 3.8) is 0 Å². The van der Waals surface area contributed by atoms with Gasteiger partial charge in [-0.15, -0.1) is 0 Å². The number of methoxy groups -OCH3 is 1. The Morgan fingerprint density at radius 2 is 1.87 bits per heavy atom. The molecule has 0 fully saturated rings. The number of hydrogen-bond donors (Lipinski definition) is 0. The Morgan fingerprint density at radius 3 is 2.45 bits per heavy atom. The lowest BCUT2D eigenvalue weighted by Crippen LogP contribution is -2.45. The summed E-state index contributed by atoms with van der Waals surface area (Å²) in [5.41, 5.74) is 1.68. The average Bonchev–Trinajstić information content (AvgIpc) is 3.03. The molecule has 1 aliphatic carbocycles. The summed E-state index contributed by atoms with van der Waals surface area (Å²) in [6.45, 7) is 2.46. The molecule has 6 nitrogen and oxygen atoms in total. The second-order valence-corrected chi connectivity index (χ2v) is 8.26. The van der Waals surface area contributed by atoms with Crippen LogP contribution in [-0.4, -0.2) is 68.3 Å². The first kappa shape index (κ1) is 24.6. The van der Waals surface area contributed by atoms with E-state index in [2.05, 4.69) is 11.8 Å². The third-order valence-electron chi connectivity index (χ3n) is 4.74. The minimum Gasteiger partial charge on any atom is -0.497 e. The molecule has 0 radical (unpaired) electrons. The van der Waals surface area contributed by atoms with Crippen molar-refractivity contribution in [3.8, 4) is 17.6 Å². The van der Waals surface area contributed by atoms with Crippen molar-refractivity contribution in [3.05, 3.63) is 53.8 Å². The molecule has 0 spiro atoms. The number of esters is 1. The van der Waals surface area contributed by atoms with E-state index in [1.165, 1.54) is 18.7 Å². The van der Waals surface area contributed by atoms with Crippen LogP contribution in [0.2, 0.25) is 0 Å². The van der Waals surface area contributed by atoms with Crippen LogP contribution in [0, 0.1) is 11.8 Å². The molecule has 0 bridgehead atoms. The number of nitrogens with zero attached hydrogens (tertiary/aromatic N) is 2. The fourth-order valence-corrected chi connectivity index (χ4v) is 4.00. The molecule has 2 atom stereocenters. The van der Waals surface area contributed by atoms with Crippen LogP contribution in [0.1, 0.15) is 24.2 Å². The van der Waals surface area contributed by atoms with E-state index in [1.807, 2.05) is 55.6 Å². The number of carbonyl (C=O) groups is 2. The van der Waals surface area contributed by atoms with Crippen LogP contribution in [0.3, 0.4) is 0 Å². The second kappa shape index (κ2) is 12.2. The third kappa shape index (κ3) is 7.20. The van der Waals surface area contributed by atoms with E-state index in [0.717, 1.165) is 17.0 Å². The van der Waals surface area contributed by atoms with Crippen molar-refractivity contribution in [1.29, 1.82) is 0 Å². The number of ether oxygens (including phenoxy) is 2. The Balaban J connectivity index is 2.42. The van der Waals surface area contributed by atoms with E-state index in [9.17, 15) is 9.59 Å². The highest BCUT2D eigenvalue weighted by Gasteiger charge is 2.36. The van der Waals surface area contributed by atoms with Crippen LogP contribution in [0.5, 0.6) is 5.75 Å². The van der Waals surface area contributed by atoms with E-state index in [1.54, 1.807) is 24.2 Å². The van der Waals surface area contributed by atoms with E-state index in [-0.39, 0.29) is 11.2 Å². The summed E-state index contributed by atoms with van der Waals surface area (Å²) < 4.78 is 10.8. The number of allylic oxidation sites excluding steroid dienone is 3. The quantitative estimate of drug-likeness (QED) is 0.410. The standard InChI is InChI=1S/C24H30N2O4S/c1-18(27)30-22(23(31-5)19-12-14-21(29-4)15-13-19)24(28)26(17-16-25(2)3)20-10-8-6-7-9-11-20/h6,8,11-15,22-23H,10,16-17H2,1-5H3/t22-,23+/m0/s1. The maximum absolute atomic E-state index is 13.8. The number of hydrogen-bond acceptors (Lipinski definition) is 6. The fraction of sp³-hybridized carbons (Fsp3) is 0.417. The number of carbonyl (C=O) groups excluding carboxylic acids is 2. The number of rotatable bonds is 10. The molecular formula is C24H30N2O4S. The predicted octanol–water partition coefficient (Wildman–Crippen LogP) is 3.27. The molecule has 0 aliphatic heterocycles. The van der Waals surface area contributed by atoms with Crippen molar-refractivity contribution in [2.24, 2.45) is 0 Å². The maximum atomic E-state index is 13.8. The van der Waals surface area contributed by atoms with Gasteiger partial charge in [0.2, 0.25) is 0 Å². The first-order chi connectivity index (χ1) is 14.9. The van der Waals surface area contributed by atoms with Gasteiger partial charge in [-0.25, -0.2) is 0 Å². The molecule has 166 valence electrons. The molecule has 0 N–H and O–H groups in total. The molecule has 0 saturated heterocycles. The summed E-state index contributed by atoms with van der Waals surface area (Å²) in [4.78, 5) is 29.4. The van der Waals surface area contributed by atoms with E-state index < -0.39 is 12.1 Å². The van der Waals surface area contributed by atoms with Crippen molar-refractivity contribution in [2.75, 3.05) is 40.6 Å². The van der Waals surface area contributed by atoms with E-state index >= 15 is 0 Å². The first-order valence-electron chi connectivity index (χ1n) is 10.0. The summed E-state index contributed by atoms with van der Waals surface area (Å²) in [5, 5.41) is -0.364. The lowest BCUT2D eigenvalue weighted by molar-refractivity contribution is -0.157. The fourth-order valence-electron chi connectivity index (χ4n) is 3.16. The van der Waals surface area contributed by atoms with Gasteiger partial charge < -0.3 is 19.3 Å². The Morgan fingerprint density at radius 1 is 1.16 bits per heavy atom. The summed E-state index contributed by atoms with van der Waals surface area (Å²) in [5.74, 6) is 5.84. The monoisotopic (exact) mass is 442 g/mol. The van der Waals surface area contributed by atoms with Crippen molar-refractivity contribution in [2.45, 2.75) is 24.7 Å². The van der Waals surface area contributed by atoms with Gasteiger partial charge in [-0.3, -0.25) is 9.59 Å². The zero-order valence-electron chi connectivity index (χ0n) is 18.8. The maximum Gasteiger partial charge on any atom is 0.303 e. The average molecular weight is 443 g/mol. The molecule has 1 aromatic carbocycles. The van der Waals surface area contributed by atoms with Gasteiger partial charge in [0.1, 0.15) is 5.75 Å². The molecule has 2 rings (SSSR count). The van der Waals surface area contributed by atoms with Crippen LogP contribution >= 0.6 is 11.8 Å². The first-order valence-corrected chi connectivity index (χ1v) is 11.3. The van der Waals surface area contributed by atoms with Crippen LogP contribution in [0.4, 0.5) is 0 Å². The minimum absolute atomic E-state index is 0.254. The van der Waals surface area contributed by atoms with Gasteiger partial charge in [0.05, 0.1) is 12.4 Å². The number of likely N-dealkylation sites (N-methyl/N-ethyl adjacent to an activating group) is 1. The summed E-state index contributed by atoms with van der Waals surface area (Å²) in [7, 11) is 5.51. The largest absolute Gasteiger partial charge is 0.497 e. The third-order valence-corrected chi connectivity index (χ3v) is 5.77. The van der Waals surface area contributed by atoms with E-state index in [0.29, 0.717) is 19.5 Å². The van der Waals surface area contributed by atoms with Gasteiger partial charge in [0, 0.05) is 38.2 Å². The predicted molar refractivity (Wildman–Crippen MR) is 125 cm³/mol. The number of benzene rings is 1. The molecule has 7 heteroatoms. The Bertz CT molecular complexity index is 881. The minimum atomic E-state index is -0.968. The van der Waals surface area contributed by atoms with Crippen molar-refractivity contribution in [1.82, 2.24) is 9.80 Å². The van der Waals surface area contributed by atoms with E-state index in [4.69, 9.17) is 9.47 Å². The second-order valence-electron chi connectivity index (χ2n) is 7.28. The molecule has 0 aromatic heterocycles. The topological polar surface area (TPSA) is 59.1 Å². The smallest absolute Gasteiger partial charge is 0.303 e. The van der Waals surface area contributed by atoms with Crippen LogP contribution in [0.25, 0.3) is 0 Å². The summed E-state index contributed by atoms with van der Waals surface area (Å²) in [6.07, 6.45) is 6.98. The van der Waals surface area contributed by atoms with Gasteiger partial charge >= 0.3 is 5.97 Å². The lowest BCUT2D eigenvalue weighted by atomic mass is 10.0. The van der Waals surface area contributed by atoms with Crippen LogP contribution < -0.4 is 4.74 Å². The zero-order valence-corrected chi connectivity index (χ0v) is 19.6. The Hall–Kier alpha value is -2.69. The lowest BCUT2D eigenvalue weighted by Gasteiger charge is -2.32.